The van der Waals surface area contributed by atoms with Gasteiger partial charge in [0.05, 0.1) is 5.69 Å². The molecule has 0 saturated heterocycles. The summed E-state index contributed by atoms with van der Waals surface area (Å²) < 4.78 is 0. The van der Waals surface area contributed by atoms with Crippen LogP contribution in [-0.4, -0.2) is 17.6 Å². The number of aromatic nitrogens is 1. The Labute approximate surface area is 173 Å². The van der Waals surface area contributed by atoms with Gasteiger partial charge in [-0.1, -0.05) is 48.5 Å². The SMILES string of the molecule is NN(C(=O)N1CCc2ccccc21)c1ccc(-c2c[nH]c(=O)c3ccccc23)cc1. The molecule has 4 aromatic rings. The van der Waals surface area contributed by atoms with Crippen LogP contribution in [0.3, 0.4) is 0 Å². The third-order valence-electron chi connectivity index (χ3n) is 5.59. The van der Waals surface area contributed by atoms with Gasteiger partial charge < -0.3 is 4.98 Å². The number of nitrogens with zero attached hydrogens (tertiary/aromatic N) is 2. The zero-order valence-corrected chi connectivity index (χ0v) is 16.2. The zero-order valence-electron chi connectivity index (χ0n) is 16.2. The van der Waals surface area contributed by atoms with Gasteiger partial charge in [0.15, 0.2) is 0 Å². The Bertz CT molecular complexity index is 1310. The third kappa shape index (κ3) is 2.94. The van der Waals surface area contributed by atoms with E-state index in [4.69, 9.17) is 5.84 Å². The van der Waals surface area contributed by atoms with Crippen LogP contribution in [0.4, 0.5) is 16.2 Å². The van der Waals surface area contributed by atoms with Crippen molar-refractivity contribution in [1.82, 2.24) is 4.98 Å². The van der Waals surface area contributed by atoms with Crippen molar-refractivity contribution in [2.24, 2.45) is 5.84 Å². The monoisotopic (exact) mass is 396 g/mol. The van der Waals surface area contributed by atoms with Gasteiger partial charge in [-0.3, -0.25) is 9.69 Å². The van der Waals surface area contributed by atoms with Crippen LogP contribution in [-0.2, 0) is 6.42 Å². The maximum atomic E-state index is 13.0. The number of nitrogens with two attached hydrogens (primary N) is 1. The first-order valence-corrected chi connectivity index (χ1v) is 9.78. The molecule has 2 amide bonds. The molecule has 3 N–H and O–H groups in total. The summed E-state index contributed by atoms with van der Waals surface area (Å²) in [6.45, 7) is 0.618. The number of anilines is 2. The van der Waals surface area contributed by atoms with Crippen LogP contribution >= 0.6 is 0 Å². The number of para-hydroxylation sites is 1. The van der Waals surface area contributed by atoms with Gasteiger partial charge in [-0.05, 0) is 47.2 Å². The lowest BCUT2D eigenvalue weighted by Gasteiger charge is -2.24. The van der Waals surface area contributed by atoms with E-state index in [9.17, 15) is 9.59 Å². The molecular weight excluding hydrogens is 376 g/mol. The summed E-state index contributed by atoms with van der Waals surface area (Å²) in [4.78, 5) is 29.5. The summed E-state index contributed by atoms with van der Waals surface area (Å²) in [7, 11) is 0. The number of amides is 2. The fraction of sp³-hybridized carbons (Fsp3) is 0.0833. The first-order chi connectivity index (χ1) is 14.6. The summed E-state index contributed by atoms with van der Waals surface area (Å²) in [5.41, 5.74) is 4.39. The second-order valence-electron chi connectivity index (χ2n) is 7.31. The lowest BCUT2D eigenvalue weighted by Crippen LogP contribution is -2.47. The first kappa shape index (κ1) is 18.1. The van der Waals surface area contributed by atoms with Gasteiger partial charge in [0, 0.05) is 29.4 Å². The Balaban J connectivity index is 1.44. The predicted octanol–water partition coefficient (Wildman–Crippen LogP) is 4.06. The maximum Gasteiger partial charge on any atom is 0.343 e. The van der Waals surface area contributed by atoms with Crippen molar-refractivity contribution in [1.29, 1.82) is 0 Å². The molecular formula is C24H20N4O2. The molecule has 1 aromatic heterocycles. The van der Waals surface area contributed by atoms with Gasteiger partial charge in [0.25, 0.3) is 5.56 Å². The van der Waals surface area contributed by atoms with E-state index < -0.39 is 0 Å². The number of aromatic amines is 1. The van der Waals surface area contributed by atoms with Crippen LogP contribution in [0.5, 0.6) is 0 Å². The largest absolute Gasteiger partial charge is 0.343 e. The van der Waals surface area contributed by atoms with E-state index in [0.29, 0.717) is 17.6 Å². The molecule has 0 fully saturated rings. The molecule has 6 heteroatoms. The van der Waals surface area contributed by atoms with Gasteiger partial charge in [0.1, 0.15) is 0 Å². The second kappa shape index (κ2) is 7.17. The van der Waals surface area contributed by atoms with Crippen LogP contribution in [0.1, 0.15) is 5.56 Å². The minimum absolute atomic E-state index is 0.115. The molecule has 6 nitrogen and oxygen atoms in total. The van der Waals surface area contributed by atoms with Crippen molar-refractivity contribution in [3.05, 3.63) is 94.9 Å². The number of hydrogen-bond acceptors (Lipinski definition) is 3. The van der Waals surface area contributed by atoms with E-state index >= 15 is 0 Å². The quantitative estimate of drug-likeness (QED) is 0.305. The molecule has 0 saturated carbocycles. The normalized spacial score (nSPS) is 12.8. The summed E-state index contributed by atoms with van der Waals surface area (Å²) in [5.74, 6) is 6.17. The van der Waals surface area contributed by atoms with Crippen molar-refractivity contribution in [3.8, 4) is 11.1 Å². The first-order valence-electron chi connectivity index (χ1n) is 9.78. The van der Waals surface area contributed by atoms with Gasteiger partial charge in [-0.25, -0.2) is 15.6 Å². The summed E-state index contributed by atoms with van der Waals surface area (Å²) >= 11 is 0. The van der Waals surface area contributed by atoms with E-state index in [1.165, 1.54) is 5.01 Å². The number of benzene rings is 3. The lowest BCUT2D eigenvalue weighted by atomic mass is 10.0. The highest BCUT2D eigenvalue weighted by atomic mass is 16.2. The smallest absolute Gasteiger partial charge is 0.328 e. The molecule has 0 spiro atoms. The molecule has 2 heterocycles. The van der Waals surface area contributed by atoms with Gasteiger partial charge in [-0.2, -0.15) is 0 Å². The highest BCUT2D eigenvalue weighted by Crippen LogP contribution is 2.30. The maximum absolute atomic E-state index is 13.0. The van der Waals surface area contributed by atoms with Crippen LogP contribution in [0, 0.1) is 0 Å². The second-order valence-corrected chi connectivity index (χ2v) is 7.31. The summed E-state index contributed by atoms with van der Waals surface area (Å²) in [5, 5.41) is 2.70. The highest BCUT2D eigenvalue weighted by Gasteiger charge is 2.27. The zero-order chi connectivity index (χ0) is 20.7. The minimum Gasteiger partial charge on any atom is -0.328 e. The number of urea groups is 1. The molecule has 0 atom stereocenters. The number of hydrazine groups is 1. The Morgan fingerprint density at radius 2 is 1.63 bits per heavy atom. The predicted molar refractivity (Wildman–Crippen MR) is 120 cm³/mol. The lowest BCUT2D eigenvalue weighted by molar-refractivity contribution is 0.252. The van der Waals surface area contributed by atoms with Gasteiger partial charge in [-0.15, -0.1) is 0 Å². The molecule has 0 bridgehead atoms. The van der Waals surface area contributed by atoms with Gasteiger partial charge in [0.2, 0.25) is 0 Å². The molecule has 1 aliphatic rings. The van der Waals surface area contributed by atoms with Crippen molar-refractivity contribution < 1.29 is 4.79 Å². The number of rotatable bonds is 2. The van der Waals surface area contributed by atoms with E-state index in [1.54, 1.807) is 17.2 Å². The number of carbonyl (C=O) groups is 1. The molecule has 1 aliphatic heterocycles. The fourth-order valence-electron chi connectivity index (χ4n) is 4.03. The molecule has 0 radical (unpaired) electrons. The number of pyridine rings is 1. The number of hydrogen-bond donors (Lipinski definition) is 2. The van der Waals surface area contributed by atoms with E-state index in [2.05, 4.69) is 4.98 Å². The van der Waals surface area contributed by atoms with Crippen LogP contribution in [0.15, 0.2) is 83.8 Å². The van der Waals surface area contributed by atoms with Crippen LogP contribution in [0.2, 0.25) is 0 Å². The topological polar surface area (TPSA) is 82.4 Å². The van der Waals surface area contributed by atoms with E-state index in [1.807, 2.05) is 66.7 Å². The average molecular weight is 396 g/mol. The Morgan fingerprint density at radius 3 is 2.43 bits per heavy atom. The molecule has 0 unspecified atom stereocenters. The van der Waals surface area contributed by atoms with Crippen molar-refractivity contribution >= 4 is 28.2 Å². The molecule has 30 heavy (non-hydrogen) atoms. The Hall–Kier alpha value is -3.90. The molecule has 0 aliphatic carbocycles. The minimum atomic E-state index is -0.262. The van der Waals surface area contributed by atoms with Crippen molar-refractivity contribution in [2.45, 2.75) is 6.42 Å². The average Bonchev–Trinajstić information content (AvgIpc) is 3.23. The summed E-state index contributed by atoms with van der Waals surface area (Å²) in [6.07, 6.45) is 2.54. The number of H-pyrrole nitrogens is 1. The number of fused-ring (bicyclic) bond motifs is 2. The molecule has 3 aromatic carbocycles. The highest BCUT2D eigenvalue weighted by molar-refractivity contribution is 6.04. The van der Waals surface area contributed by atoms with E-state index in [0.717, 1.165) is 34.2 Å². The fourth-order valence-corrected chi connectivity index (χ4v) is 4.03. The van der Waals surface area contributed by atoms with Crippen LogP contribution < -0.4 is 21.3 Å². The standard InChI is InChI=1S/C24H20N4O2/c25-28(24(30)27-14-13-17-5-1-4-8-22(17)27)18-11-9-16(10-12-18)21-15-26-23(29)20-7-3-2-6-19(20)21/h1-12,15H,13-14,25H2,(H,26,29). The molecule has 148 valence electrons. The van der Waals surface area contributed by atoms with Crippen molar-refractivity contribution in [2.75, 3.05) is 16.5 Å². The third-order valence-corrected chi connectivity index (χ3v) is 5.59. The Morgan fingerprint density at radius 1 is 0.933 bits per heavy atom. The van der Waals surface area contributed by atoms with Gasteiger partial charge >= 0.3 is 6.03 Å². The van der Waals surface area contributed by atoms with E-state index in [-0.39, 0.29) is 11.6 Å². The van der Waals surface area contributed by atoms with Crippen LogP contribution in [0.25, 0.3) is 21.9 Å². The Kier molecular flexibility index (Phi) is 4.34. The number of nitrogens with one attached hydrogen (secondary N) is 1. The number of carbonyl (C=O) groups excluding carboxylic acids is 1. The molecule has 5 rings (SSSR count). The van der Waals surface area contributed by atoms with Crippen molar-refractivity contribution in [3.63, 3.8) is 0 Å². The summed E-state index contributed by atoms with van der Waals surface area (Å²) in [6, 6.07) is 22.5.